The molecule has 0 atom stereocenters. The molecule has 1 aliphatic rings. The molecule has 0 unspecified atom stereocenters. The first-order chi connectivity index (χ1) is 13.6. The molecule has 4 nitrogen and oxygen atoms in total. The average Bonchev–Trinajstić information content (AvgIpc) is 3.13. The second-order valence-corrected chi connectivity index (χ2v) is 6.75. The number of halogens is 2. The number of aromatic nitrogens is 2. The summed E-state index contributed by atoms with van der Waals surface area (Å²) in [7, 11) is 0. The lowest BCUT2D eigenvalue weighted by Gasteiger charge is -2.11. The van der Waals surface area contributed by atoms with Crippen LogP contribution < -0.4 is 5.32 Å². The number of fused-ring (bicyclic) bond motifs is 2. The Balaban J connectivity index is 1.72. The van der Waals surface area contributed by atoms with E-state index in [1.165, 1.54) is 18.2 Å². The van der Waals surface area contributed by atoms with Crippen molar-refractivity contribution in [3.05, 3.63) is 77.5 Å². The minimum Gasteiger partial charge on any atom is -0.358 e. The highest BCUT2D eigenvalue weighted by atomic mass is 19.1. The maximum absolute atomic E-state index is 14.2. The molecule has 0 radical (unpaired) electrons. The summed E-state index contributed by atoms with van der Waals surface area (Å²) in [6.07, 6.45) is 0.727. The Morgan fingerprint density at radius 2 is 1.71 bits per heavy atom. The van der Waals surface area contributed by atoms with Gasteiger partial charge in [0, 0.05) is 35.3 Å². The first-order valence-corrected chi connectivity index (χ1v) is 8.96. The molecule has 0 fully saturated rings. The molecule has 1 amide bonds. The third-order valence-electron chi connectivity index (χ3n) is 5.03. The molecule has 2 aromatic carbocycles. The highest BCUT2D eigenvalue weighted by Crippen LogP contribution is 2.32. The summed E-state index contributed by atoms with van der Waals surface area (Å²) in [6.45, 7) is 0.594. The fourth-order valence-electron chi connectivity index (χ4n) is 3.68. The SMILES string of the molecule is O=C1NCCc2[nH]c(-c3cccc4ccc(-c5c(F)cccc5F)nc34)cc21. The fourth-order valence-corrected chi connectivity index (χ4v) is 3.68. The van der Waals surface area contributed by atoms with Crippen LogP contribution in [0, 0.1) is 11.6 Å². The quantitative estimate of drug-likeness (QED) is 0.543. The van der Waals surface area contributed by atoms with E-state index in [9.17, 15) is 13.6 Å². The van der Waals surface area contributed by atoms with E-state index in [1.54, 1.807) is 18.2 Å². The molecule has 4 aromatic rings. The van der Waals surface area contributed by atoms with Crippen LogP contribution in [0.15, 0.2) is 54.6 Å². The van der Waals surface area contributed by atoms with Crippen LogP contribution in [0.25, 0.3) is 33.4 Å². The molecule has 6 heteroatoms. The van der Waals surface area contributed by atoms with E-state index in [0.717, 1.165) is 28.8 Å². The summed E-state index contributed by atoms with van der Waals surface area (Å²) in [5, 5.41) is 3.67. The number of pyridine rings is 1. The molecule has 3 heterocycles. The zero-order chi connectivity index (χ0) is 19.3. The van der Waals surface area contributed by atoms with Crippen LogP contribution >= 0.6 is 0 Å². The number of hydrogen-bond acceptors (Lipinski definition) is 2. The van der Waals surface area contributed by atoms with E-state index in [1.807, 2.05) is 18.2 Å². The van der Waals surface area contributed by atoms with Crippen LogP contribution in [-0.2, 0) is 6.42 Å². The molecule has 1 aliphatic heterocycles. The second-order valence-electron chi connectivity index (χ2n) is 6.75. The lowest BCUT2D eigenvalue weighted by Crippen LogP contribution is -2.31. The summed E-state index contributed by atoms with van der Waals surface area (Å²) in [5.41, 5.74) is 3.72. The Hall–Kier alpha value is -3.54. The molecule has 0 spiro atoms. The van der Waals surface area contributed by atoms with Crippen molar-refractivity contribution in [1.82, 2.24) is 15.3 Å². The summed E-state index contributed by atoms with van der Waals surface area (Å²) >= 11 is 0. The molecule has 0 bridgehead atoms. The second kappa shape index (κ2) is 6.27. The van der Waals surface area contributed by atoms with Crippen LogP contribution in [0.4, 0.5) is 8.78 Å². The van der Waals surface area contributed by atoms with Gasteiger partial charge >= 0.3 is 0 Å². The minimum absolute atomic E-state index is 0.105. The number of H-pyrrole nitrogens is 1. The highest BCUT2D eigenvalue weighted by Gasteiger charge is 2.21. The minimum atomic E-state index is -0.656. The van der Waals surface area contributed by atoms with Gasteiger partial charge in [-0.15, -0.1) is 0 Å². The van der Waals surface area contributed by atoms with Crippen LogP contribution in [0.2, 0.25) is 0 Å². The smallest absolute Gasteiger partial charge is 0.253 e. The average molecular weight is 375 g/mol. The zero-order valence-corrected chi connectivity index (χ0v) is 14.7. The molecule has 5 rings (SSSR count). The Kier molecular flexibility index (Phi) is 3.72. The van der Waals surface area contributed by atoms with Crippen molar-refractivity contribution in [1.29, 1.82) is 0 Å². The molecule has 0 saturated heterocycles. The van der Waals surface area contributed by atoms with Crippen molar-refractivity contribution in [3.8, 4) is 22.5 Å². The van der Waals surface area contributed by atoms with Crippen molar-refractivity contribution in [2.45, 2.75) is 6.42 Å². The maximum Gasteiger partial charge on any atom is 0.253 e. The standard InChI is InChI=1S/C22H15F2N3O/c23-15-5-2-6-16(24)20(15)18-8-7-12-3-1-4-13(21(12)27-18)19-11-14-17(26-19)9-10-25-22(14)28/h1-8,11,26H,9-10H2,(H,25,28). The van der Waals surface area contributed by atoms with E-state index in [4.69, 9.17) is 0 Å². The van der Waals surface area contributed by atoms with Crippen molar-refractivity contribution in [3.63, 3.8) is 0 Å². The number of carbonyl (C=O) groups is 1. The normalized spacial score (nSPS) is 13.4. The highest BCUT2D eigenvalue weighted by molar-refractivity contribution is 6.00. The number of benzene rings is 2. The fraction of sp³-hybridized carbons (Fsp3) is 0.0909. The zero-order valence-electron chi connectivity index (χ0n) is 14.7. The summed E-state index contributed by atoms with van der Waals surface area (Å²) < 4.78 is 28.5. The van der Waals surface area contributed by atoms with Gasteiger partial charge < -0.3 is 10.3 Å². The Bertz CT molecular complexity index is 1230. The van der Waals surface area contributed by atoms with Gasteiger partial charge in [0.15, 0.2) is 0 Å². The third-order valence-corrected chi connectivity index (χ3v) is 5.03. The number of amides is 1. The number of carbonyl (C=O) groups excluding carboxylic acids is 1. The van der Waals surface area contributed by atoms with E-state index in [2.05, 4.69) is 15.3 Å². The number of aromatic amines is 1. The molecule has 28 heavy (non-hydrogen) atoms. The van der Waals surface area contributed by atoms with Gasteiger partial charge in [-0.05, 0) is 24.3 Å². The predicted octanol–water partition coefficient (Wildman–Crippen LogP) is 4.46. The summed E-state index contributed by atoms with van der Waals surface area (Å²) in [5.74, 6) is -1.42. The van der Waals surface area contributed by atoms with Crippen LogP contribution in [-0.4, -0.2) is 22.4 Å². The molecule has 0 aliphatic carbocycles. The first kappa shape index (κ1) is 16.6. The van der Waals surface area contributed by atoms with Crippen molar-refractivity contribution in [2.75, 3.05) is 6.54 Å². The number of hydrogen-bond donors (Lipinski definition) is 2. The van der Waals surface area contributed by atoms with Gasteiger partial charge in [0.05, 0.1) is 22.3 Å². The van der Waals surface area contributed by atoms with E-state index in [-0.39, 0.29) is 17.2 Å². The first-order valence-electron chi connectivity index (χ1n) is 8.96. The number of rotatable bonds is 2. The Morgan fingerprint density at radius 1 is 0.929 bits per heavy atom. The summed E-state index contributed by atoms with van der Waals surface area (Å²) in [6, 6.07) is 14.6. The van der Waals surface area contributed by atoms with Crippen molar-refractivity contribution < 1.29 is 13.6 Å². The lowest BCUT2D eigenvalue weighted by molar-refractivity contribution is 0.0946. The Labute approximate surface area is 159 Å². The maximum atomic E-state index is 14.2. The van der Waals surface area contributed by atoms with Crippen LogP contribution in [0.3, 0.4) is 0 Å². The predicted molar refractivity (Wildman–Crippen MR) is 103 cm³/mol. The van der Waals surface area contributed by atoms with Crippen molar-refractivity contribution >= 4 is 16.8 Å². The van der Waals surface area contributed by atoms with Gasteiger partial charge in [-0.25, -0.2) is 13.8 Å². The summed E-state index contributed by atoms with van der Waals surface area (Å²) in [4.78, 5) is 20.0. The monoisotopic (exact) mass is 375 g/mol. The van der Waals surface area contributed by atoms with E-state index < -0.39 is 11.6 Å². The number of nitrogens with one attached hydrogen (secondary N) is 2. The topological polar surface area (TPSA) is 57.8 Å². The number of nitrogens with zero attached hydrogens (tertiary/aromatic N) is 1. The van der Waals surface area contributed by atoms with Gasteiger partial charge in [-0.3, -0.25) is 4.79 Å². The third kappa shape index (κ3) is 2.57. The van der Waals surface area contributed by atoms with Crippen LogP contribution in [0.5, 0.6) is 0 Å². The van der Waals surface area contributed by atoms with Crippen molar-refractivity contribution in [2.24, 2.45) is 0 Å². The van der Waals surface area contributed by atoms with Gasteiger partial charge in [0.2, 0.25) is 0 Å². The van der Waals surface area contributed by atoms with Gasteiger partial charge in [0.1, 0.15) is 11.6 Å². The van der Waals surface area contributed by atoms with Gasteiger partial charge in [-0.1, -0.05) is 30.3 Å². The molecule has 2 N–H and O–H groups in total. The van der Waals surface area contributed by atoms with Gasteiger partial charge in [-0.2, -0.15) is 0 Å². The Morgan fingerprint density at radius 3 is 2.50 bits per heavy atom. The lowest BCUT2D eigenvalue weighted by atomic mass is 10.0. The largest absolute Gasteiger partial charge is 0.358 e. The molecular formula is C22H15F2N3O. The van der Waals surface area contributed by atoms with Crippen LogP contribution in [0.1, 0.15) is 16.1 Å². The number of para-hydroxylation sites is 1. The van der Waals surface area contributed by atoms with E-state index >= 15 is 0 Å². The molecule has 138 valence electrons. The van der Waals surface area contributed by atoms with Gasteiger partial charge in [0.25, 0.3) is 5.91 Å². The van der Waals surface area contributed by atoms with E-state index in [0.29, 0.717) is 17.6 Å². The molecule has 0 saturated carbocycles. The molecular weight excluding hydrogens is 360 g/mol. The molecule has 2 aromatic heterocycles.